The van der Waals surface area contributed by atoms with Gasteiger partial charge in [-0.2, -0.15) is 0 Å². The zero-order chi connectivity index (χ0) is 11.5. The van der Waals surface area contributed by atoms with Crippen LogP contribution in [-0.4, -0.2) is 16.4 Å². The van der Waals surface area contributed by atoms with Crippen LogP contribution in [-0.2, 0) is 6.54 Å². The fourth-order valence-corrected chi connectivity index (χ4v) is 2.74. The zero-order valence-electron chi connectivity index (χ0n) is 9.97. The van der Waals surface area contributed by atoms with Crippen molar-refractivity contribution in [2.75, 3.05) is 6.54 Å². The van der Waals surface area contributed by atoms with E-state index in [4.69, 9.17) is 0 Å². The Balaban J connectivity index is 1.75. The van der Waals surface area contributed by atoms with Gasteiger partial charge in [-0.1, -0.05) is 30.3 Å². The molecule has 0 unspecified atom stereocenters. The molecule has 1 atom stereocenters. The van der Waals surface area contributed by atoms with Gasteiger partial charge in [-0.3, -0.25) is 4.90 Å². The second-order valence-electron chi connectivity index (χ2n) is 4.74. The van der Waals surface area contributed by atoms with Crippen molar-refractivity contribution in [3.63, 3.8) is 0 Å². The molecule has 0 amide bonds. The normalized spacial score (nSPS) is 20.8. The summed E-state index contributed by atoms with van der Waals surface area (Å²) in [6.07, 6.45) is 4.60. The van der Waals surface area contributed by atoms with Gasteiger partial charge in [-0.15, -0.1) is 0 Å². The molecule has 2 heteroatoms. The molecule has 0 aliphatic carbocycles. The van der Waals surface area contributed by atoms with E-state index in [0.29, 0.717) is 6.04 Å². The van der Waals surface area contributed by atoms with Gasteiger partial charge < -0.3 is 4.98 Å². The van der Waals surface area contributed by atoms with Crippen molar-refractivity contribution in [2.45, 2.75) is 25.4 Å². The molecule has 2 aromatic rings. The second-order valence-corrected chi connectivity index (χ2v) is 4.74. The summed E-state index contributed by atoms with van der Waals surface area (Å²) in [6.45, 7) is 2.27. The summed E-state index contributed by atoms with van der Waals surface area (Å²) < 4.78 is 0. The van der Waals surface area contributed by atoms with Gasteiger partial charge in [-0.25, -0.2) is 0 Å². The Kier molecular flexibility index (Phi) is 2.97. The Bertz CT molecular complexity index is 447. The number of nitrogens with zero attached hydrogens (tertiary/aromatic N) is 1. The molecule has 1 aliphatic heterocycles. The zero-order valence-corrected chi connectivity index (χ0v) is 9.97. The first-order valence-electron chi connectivity index (χ1n) is 6.35. The van der Waals surface area contributed by atoms with Gasteiger partial charge in [0.25, 0.3) is 0 Å². The molecular weight excluding hydrogens is 208 g/mol. The summed E-state index contributed by atoms with van der Waals surface area (Å²) in [7, 11) is 0. The highest BCUT2D eigenvalue weighted by atomic mass is 15.2. The van der Waals surface area contributed by atoms with Gasteiger partial charge >= 0.3 is 0 Å². The van der Waals surface area contributed by atoms with Gasteiger partial charge in [0.1, 0.15) is 0 Å². The molecule has 3 rings (SSSR count). The average Bonchev–Trinajstić information content (AvgIpc) is 3.00. The minimum Gasteiger partial charge on any atom is -0.364 e. The minimum absolute atomic E-state index is 0.574. The SMILES string of the molecule is c1ccc(CN2CCC[C@@H]2c2ccc[nH]2)cc1. The molecule has 1 saturated heterocycles. The van der Waals surface area contributed by atoms with E-state index in [2.05, 4.69) is 52.3 Å². The third-order valence-electron chi connectivity index (χ3n) is 3.57. The van der Waals surface area contributed by atoms with Crippen LogP contribution in [0.15, 0.2) is 48.7 Å². The number of aromatic amines is 1. The number of H-pyrrole nitrogens is 1. The lowest BCUT2D eigenvalue weighted by Gasteiger charge is -2.23. The largest absolute Gasteiger partial charge is 0.364 e. The smallest absolute Gasteiger partial charge is 0.0502 e. The number of nitrogens with one attached hydrogen (secondary N) is 1. The van der Waals surface area contributed by atoms with Crippen LogP contribution in [0.5, 0.6) is 0 Å². The number of aromatic nitrogens is 1. The van der Waals surface area contributed by atoms with Crippen molar-refractivity contribution in [3.05, 3.63) is 59.9 Å². The molecular formula is C15H18N2. The highest BCUT2D eigenvalue weighted by Gasteiger charge is 2.26. The average molecular weight is 226 g/mol. The summed E-state index contributed by atoms with van der Waals surface area (Å²) >= 11 is 0. The van der Waals surface area contributed by atoms with Crippen LogP contribution in [0.1, 0.15) is 30.1 Å². The first kappa shape index (κ1) is 10.6. The predicted molar refractivity (Wildman–Crippen MR) is 69.6 cm³/mol. The van der Waals surface area contributed by atoms with Crippen LogP contribution in [0.25, 0.3) is 0 Å². The molecule has 88 valence electrons. The summed E-state index contributed by atoms with van der Waals surface area (Å²) in [4.78, 5) is 5.92. The van der Waals surface area contributed by atoms with Crippen molar-refractivity contribution in [1.29, 1.82) is 0 Å². The third kappa shape index (κ3) is 2.27. The summed E-state index contributed by atoms with van der Waals surface area (Å²) in [5, 5.41) is 0. The van der Waals surface area contributed by atoms with Crippen molar-refractivity contribution >= 4 is 0 Å². The van der Waals surface area contributed by atoms with Crippen molar-refractivity contribution < 1.29 is 0 Å². The molecule has 2 nitrogen and oxygen atoms in total. The van der Waals surface area contributed by atoms with E-state index in [1.807, 2.05) is 6.20 Å². The maximum absolute atomic E-state index is 3.35. The van der Waals surface area contributed by atoms with Crippen LogP contribution in [0.4, 0.5) is 0 Å². The summed E-state index contributed by atoms with van der Waals surface area (Å²) in [5.41, 5.74) is 2.77. The minimum atomic E-state index is 0.574. The Morgan fingerprint density at radius 1 is 1.12 bits per heavy atom. The molecule has 1 aromatic carbocycles. The van der Waals surface area contributed by atoms with E-state index in [1.165, 1.54) is 30.6 Å². The fraction of sp³-hybridized carbons (Fsp3) is 0.333. The van der Waals surface area contributed by atoms with Gasteiger partial charge in [0.05, 0.1) is 6.04 Å². The van der Waals surface area contributed by atoms with Crippen molar-refractivity contribution in [1.82, 2.24) is 9.88 Å². The van der Waals surface area contributed by atoms with Crippen molar-refractivity contribution in [2.24, 2.45) is 0 Å². The Labute approximate surface area is 102 Å². The lowest BCUT2D eigenvalue weighted by Crippen LogP contribution is -2.22. The molecule has 17 heavy (non-hydrogen) atoms. The molecule has 0 saturated carbocycles. The maximum Gasteiger partial charge on any atom is 0.0502 e. The third-order valence-corrected chi connectivity index (χ3v) is 3.57. The Morgan fingerprint density at radius 3 is 2.76 bits per heavy atom. The Hall–Kier alpha value is -1.54. The fourth-order valence-electron chi connectivity index (χ4n) is 2.74. The van der Waals surface area contributed by atoms with E-state index < -0.39 is 0 Å². The van der Waals surface area contributed by atoms with Gasteiger partial charge in [0, 0.05) is 18.4 Å². The quantitative estimate of drug-likeness (QED) is 0.850. The van der Waals surface area contributed by atoms with Crippen molar-refractivity contribution in [3.8, 4) is 0 Å². The second kappa shape index (κ2) is 4.76. The maximum atomic E-state index is 3.35. The number of likely N-dealkylation sites (tertiary alicyclic amines) is 1. The lowest BCUT2D eigenvalue weighted by molar-refractivity contribution is 0.245. The molecule has 1 aliphatic rings. The molecule has 1 fully saturated rings. The molecule has 2 heterocycles. The number of rotatable bonds is 3. The van der Waals surface area contributed by atoms with Crippen LogP contribution >= 0.6 is 0 Å². The van der Waals surface area contributed by atoms with E-state index >= 15 is 0 Å². The van der Waals surface area contributed by atoms with Gasteiger partial charge in [0.2, 0.25) is 0 Å². The molecule has 0 spiro atoms. The standard InChI is InChI=1S/C15H18N2/c1-2-6-13(7-3-1)12-17-11-5-9-15(17)14-8-4-10-16-14/h1-4,6-8,10,15-16H,5,9,11-12H2/t15-/m1/s1. The topological polar surface area (TPSA) is 19.0 Å². The number of benzene rings is 1. The molecule has 1 N–H and O–H groups in total. The highest BCUT2D eigenvalue weighted by molar-refractivity contribution is 5.16. The first-order valence-corrected chi connectivity index (χ1v) is 6.35. The van der Waals surface area contributed by atoms with E-state index in [1.54, 1.807) is 0 Å². The van der Waals surface area contributed by atoms with Crippen LogP contribution in [0.3, 0.4) is 0 Å². The van der Waals surface area contributed by atoms with E-state index in [9.17, 15) is 0 Å². The summed E-state index contributed by atoms with van der Waals surface area (Å²) in [5.74, 6) is 0. The van der Waals surface area contributed by atoms with Crippen LogP contribution in [0, 0.1) is 0 Å². The monoisotopic (exact) mass is 226 g/mol. The highest BCUT2D eigenvalue weighted by Crippen LogP contribution is 2.31. The predicted octanol–water partition coefficient (Wildman–Crippen LogP) is 3.35. The van der Waals surface area contributed by atoms with E-state index in [-0.39, 0.29) is 0 Å². The number of hydrogen-bond acceptors (Lipinski definition) is 1. The van der Waals surface area contributed by atoms with Gasteiger partial charge in [-0.05, 0) is 37.1 Å². The number of hydrogen-bond donors (Lipinski definition) is 1. The van der Waals surface area contributed by atoms with Crippen LogP contribution in [0.2, 0.25) is 0 Å². The summed E-state index contributed by atoms with van der Waals surface area (Å²) in [6, 6.07) is 15.6. The molecule has 0 bridgehead atoms. The van der Waals surface area contributed by atoms with E-state index in [0.717, 1.165) is 6.54 Å². The molecule has 0 radical (unpaired) electrons. The van der Waals surface area contributed by atoms with Gasteiger partial charge in [0.15, 0.2) is 0 Å². The lowest BCUT2D eigenvalue weighted by atomic mass is 10.1. The first-order chi connectivity index (χ1) is 8.43. The van der Waals surface area contributed by atoms with Crippen LogP contribution < -0.4 is 0 Å². The molecule has 1 aromatic heterocycles. The Morgan fingerprint density at radius 2 is 2.00 bits per heavy atom.